The second-order valence-corrected chi connectivity index (χ2v) is 11.7. The van der Waals surface area contributed by atoms with E-state index in [0.29, 0.717) is 17.4 Å². The van der Waals surface area contributed by atoms with Gasteiger partial charge >= 0.3 is 0 Å². The molecule has 4 aromatic rings. The van der Waals surface area contributed by atoms with Gasteiger partial charge in [0, 0.05) is 54.0 Å². The highest BCUT2D eigenvalue weighted by atomic mass is 16.5. The second kappa shape index (κ2) is 8.38. The second-order valence-electron chi connectivity index (χ2n) is 11.7. The highest BCUT2D eigenvalue weighted by Crippen LogP contribution is 2.55. The molecule has 2 fully saturated rings. The molecule has 0 spiro atoms. The number of carbonyl (C=O) groups excluding carboxylic acids is 1. The normalized spacial score (nSPS) is 23.6. The first-order chi connectivity index (χ1) is 17.9. The highest BCUT2D eigenvalue weighted by Gasteiger charge is 2.46. The molecule has 1 saturated heterocycles. The largest absolute Gasteiger partial charge is 0.487 e. The molecule has 1 amide bonds. The van der Waals surface area contributed by atoms with Gasteiger partial charge in [0.05, 0.1) is 22.1 Å². The fourth-order valence-electron chi connectivity index (χ4n) is 7.00. The molecule has 6 heteroatoms. The van der Waals surface area contributed by atoms with Gasteiger partial charge in [-0.05, 0) is 57.9 Å². The van der Waals surface area contributed by atoms with Crippen molar-refractivity contribution in [3.63, 3.8) is 0 Å². The zero-order valence-corrected chi connectivity index (χ0v) is 22.0. The summed E-state index contributed by atoms with van der Waals surface area (Å²) in [6.45, 7) is 7.82. The Kier molecular flexibility index (Phi) is 5.19. The summed E-state index contributed by atoms with van der Waals surface area (Å²) in [6, 6.07) is 14.3. The minimum atomic E-state index is -0.221. The molecule has 0 N–H and O–H groups in total. The number of likely N-dealkylation sites (N-methyl/N-ethyl adjacent to an activating group) is 1. The van der Waals surface area contributed by atoms with Gasteiger partial charge in [-0.1, -0.05) is 37.1 Å². The Bertz CT molecular complexity index is 1550. The summed E-state index contributed by atoms with van der Waals surface area (Å²) in [4.78, 5) is 28.0. The maximum Gasteiger partial charge on any atom is 0.254 e. The lowest BCUT2D eigenvalue weighted by Gasteiger charge is -2.48. The molecule has 3 aromatic carbocycles. The van der Waals surface area contributed by atoms with E-state index in [0.717, 1.165) is 71.2 Å². The molecule has 1 unspecified atom stereocenters. The summed E-state index contributed by atoms with van der Waals surface area (Å²) in [5, 5.41) is 2.20. The molecule has 1 aliphatic carbocycles. The van der Waals surface area contributed by atoms with Crippen LogP contribution in [0.3, 0.4) is 0 Å². The molecule has 2 aliphatic heterocycles. The van der Waals surface area contributed by atoms with Gasteiger partial charge < -0.3 is 14.5 Å². The third kappa shape index (κ3) is 3.60. The SMILES string of the molecule is CN1CCN(C(=O)c2ccc3nc4c(nc3c2)c2c(c3ccccc34)OC(C)(C)C3CCCC[C@H]23)CC1. The Labute approximate surface area is 217 Å². The Balaban J connectivity index is 1.44. The number of hydrogen-bond acceptors (Lipinski definition) is 5. The number of benzene rings is 3. The van der Waals surface area contributed by atoms with Crippen LogP contribution >= 0.6 is 0 Å². The third-order valence-corrected chi connectivity index (χ3v) is 9.02. The lowest BCUT2D eigenvalue weighted by atomic mass is 9.66. The smallest absolute Gasteiger partial charge is 0.254 e. The van der Waals surface area contributed by atoms with E-state index in [2.05, 4.69) is 50.1 Å². The number of amides is 1. The van der Waals surface area contributed by atoms with Crippen molar-refractivity contribution in [2.75, 3.05) is 33.2 Å². The van der Waals surface area contributed by atoms with Crippen molar-refractivity contribution in [3.8, 4) is 5.75 Å². The van der Waals surface area contributed by atoms with Gasteiger partial charge in [0.25, 0.3) is 5.91 Å². The van der Waals surface area contributed by atoms with Crippen LogP contribution in [0.5, 0.6) is 5.75 Å². The molecule has 37 heavy (non-hydrogen) atoms. The quantitative estimate of drug-likeness (QED) is 0.248. The number of hydrogen-bond donors (Lipinski definition) is 0. The van der Waals surface area contributed by atoms with Crippen LogP contribution in [0.4, 0.5) is 0 Å². The molecule has 1 saturated carbocycles. The van der Waals surface area contributed by atoms with Crippen LogP contribution < -0.4 is 4.74 Å². The van der Waals surface area contributed by atoms with Crippen LogP contribution in [0.1, 0.15) is 61.4 Å². The number of piperazine rings is 1. The minimum absolute atomic E-state index is 0.0786. The average Bonchev–Trinajstić information content (AvgIpc) is 2.92. The van der Waals surface area contributed by atoms with Crippen LogP contribution in [-0.4, -0.2) is 64.5 Å². The van der Waals surface area contributed by atoms with Crippen LogP contribution in [0.2, 0.25) is 0 Å². The van der Waals surface area contributed by atoms with Gasteiger partial charge in [-0.15, -0.1) is 0 Å². The van der Waals surface area contributed by atoms with Crippen molar-refractivity contribution in [2.45, 2.75) is 51.0 Å². The Morgan fingerprint density at radius 2 is 1.65 bits per heavy atom. The summed E-state index contributed by atoms with van der Waals surface area (Å²) < 4.78 is 6.84. The van der Waals surface area contributed by atoms with E-state index >= 15 is 0 Å². The minimum Gasteiger partial charge on any atom is -0.487 e. The van der Waals surface area contributed by atoms with Gasteiger partial charge in [0.1, 0.15) is 11.4 Å². The molecule has 7 rings (SSSR count). The zero-order valence-electron chi connectivity index (χ0n) is 22.0. The monoisotopic (exact) mass is 494 g/mol. The molecule has 3 heterocycles. The molecule has 6 nitrogen and oxygen atoms in total. The van der Waals surface area contributed by atoms with Crippen molar-refractivity contribution in [1.82, 2.24) is 19.8 Å². The number of nitrogens with zero attached hydrogens (tertiary/aromatic N) is 4. The molecule has 1 aromatic heterocycles. The predicted octanol–water partition coefficient (Wildman–Crippen LogP) is 5.77. The molecule has 190 valence electrons. The van der Waals surface area contributed by atoms with Gasteiger partial charge in [-0.2, -0.15) is 0 Å². The fourth-order valence-corrected chi connectivity index (χ4v) is 7.00. The Morgan fingerprint density at radius 3 is 2.46 bits per heavy atom. The summed E-state index contributed by atoms with van der Waals surface area (Å²) in [7, 11) is 2.10. The van der Waals surface area contributed by atoms with E-state index < -0.39 is 0 Å². The zero-order chi connectivity index (χ0) is 25.3. The van der Waals surface area contributed by atoms with Crippen LogP contribution in [0, 0.1) is 5.92 Å². The first kappa shape index (κ1) is 22.9. The van der Waals surface area contributed by atoms with Crippen molar-refractivity contribution in [2.24, 2.45) is 5.92 Å². The molecule has 0 radical (unpaired) electrons. The number of ether oxygens (including phenoxy) is 1. The fraction of sp³-hybridized carbons (Fsp3) is 0.452. The molecular formula is C31H34N4O2. The number of rotatable bonds is 1. The van der Waals surface area contributed by atoms with E-state index in [1.54, 1.807) is 0 Å². The third-order valence-electron chi connectivity index (χ3n) is 9.02. The van der Waals surface area contributed by atoms with Crippen molar-refractivity contribution >= 4 is 38.7 Å². The van der Waals surface area contributed by atoms with Crippen molar-refractivity contribution in [1.29, 1.82) is 0 Å². The molecular weight excluding hydrogens is 460 g/mol. The summed E-state index contributed by atoms with van der Waals surface area (Å²) in [5.41, 5.74) is 5.18. The highest BCUT2D eigenvalue weighted by molar-refractivity contribution is 6.11. The van der Waals surface area contributed by atoms with Gasteiger partial charge in [0.15, 0.2) is 0 Å². The summed E-state index contributed by atoms with van der Waals surface area (Å²) in [5.74, 6) is 1.92. The molecule has 0 bridgehead atoms. The lowest BCUT2D eigenvalue weighted by molar-refractivity contribution is -0.00409. The van der Waals surface area contributed by atoms with E-state index in [4.69, 9.17) is 14.7 Å². The Hall–Kier alpha value is -3.25. The van der Waals surface area contributed by atoms with E-state index in [1.165, 1.54) is 24.8 Å². The average molecular weight is 495 g/mol. The molecule has 2 atom stereocenters. The van der Waals surface area contributed by atoms with Crippen LogP contribution in [0.15, 0.2) is 42.5 Å². The van der Waals surface area contributed by atoms with Crippen LogP contribution in [0.25, 0.3) is 32.8 Å². The van der Waals surface area contributed by atoms with E-state index in [9.17, 15) is 4.79 Å². The number of aromatic nitrogens is 2. The predicted molar refractivity (Wildman–Crippen MR) is 147 cm³/mol. The van der Waals surface area contributed by atoms with E-state index in [-0.39, 0.29) is 11.5 Å². The van der Waals surface area contributed by atoms with Crippen molar-refractivity contribution in [3.05, 3.63) is 53.6 Å². The van der Waals surface area contributed by atoms with E-state index in [1.807, 2.05) is 23.1 Å². The van der Waals surface area contributed by atoms with Crippen molar-refractivity contribution < 1.29 is 9.53 Å². The lowest BCUT2D eigenvalue weighted by Crippen LogP contribution is -2.47. The number of carbonyl (C=O) groups is 1. The first-order valence-corrected chi connectivity index (χ1v) is 13.7. The first-order valence-electron chi connectivity index (χ1n) is 13.7. The van der Waals surface area contributed by atoms with Gasteiger partial charge in [0.2, 0.25) is 0 Å². The Morgan fingerprint density at radius 1 is 0.919 bits per heavy atom. The van der Waals surface area contributed by atoms with Gasteiger partial charge in [-0.3, -0.25) is 4.79 Å². The standard InChI is InChI=1S/C31H34N4O2/c1-31(2)23-11-7-6-10-22(23)26-28-27(20-8-4-5-9-21(20)29(26)37-31)32-24-13-12-19(18-25(24)33-28)30(36)35-16-14-34(3)15-17-35/h4-5,8-9,12-13,18,22-23H,6-7,10-11,14-17H2,1-3H3/t22-,23?/m0/s1. The maximum atomic E-state index is 13.3. The topological polar surface area (TPSA) is 58.6 Å². The van der Waals surface area contributed by atoms with Crippen LogP contribution in [-0.2, 0) is 0 Å². The van der Waals surface area contributed by atoms with Gasteiger partial charge in [-0.25, -0.2) is 9.97 Å². The maximum absolute atomic E-state index is 13.3. The summed E-state index contributed by atoms with van der Waals surface area (Å²) in [6.07, 6.45) is 4.81. The summed E-state index contributed by atoms with van der Waals surface area (Å²) >= 11 is 0. The molecule has 3 aliphatic rings. The number of fused-ring (bicyclic) bond motifs is 9.